The van der Waals surface area contributed by atoms with Gasteiger partial charge in [0.2, 0.25) is 5.91 Å². The number of fused-ring (bicyclic) bond motifs is 1. The van der Waals surface area contributed by atoms with Crippen LogP contribution in [0.4, 0.5) is 10.5 Å². The molecule has 1 saturated carbocycles. The molecule has 5 N–H and O–H groups in total. The van der Waals surface area contributed by atoms with Crippen LogP contribution in [0.5, 0.6) is 0 Å². The Hall–Kier alpha value is -4.22. The van der Waals surface area contributed by atoms with Gasteiger partial charge in [0.15, 0.2) is 5.82 Å². The van der Waals surface area contributed by atoms with E-state index in [1.807, 2.05) is 24.3 Å². The molecule has 12 heteroatoms. The fraction of sp³-hybridized carbons (Fsp3) is 0.391. The van der Waals surface area contributed by atoms with Crippen molar-refractivity contribution in [3.05, 3.63) is 59.2 Å². The van der Waals surface area contributed by atoms with Crippen LogP contribution in [0.2, 0.25) is 0 Å². The van der Waals surface area contributed by atoms with Crippen LogP contribution in [0.15, 0.2) is 36.4 Å². The van der Waals surface area contributed by atoms with Gasteiger partial charge in [0.25, 0.3) is 5.91 Å². The van der Waals surface area contributed by atoms with E-state index >= 15 is 0 Å². The molecule has 2 aromatic heterocycles. The van der Waals surface area contributed by atoms with Crippen molar-refractivity contribution in [3.8, 4) is 0 Å². The maximum atomic E-state index is 13.7. The Morgan fingerprint density at radius 1 is 1.14 bits per heavy atom. The summed E-state index contributed by atoms with van der Waals surface area (Å²) in [5, 5.41) is 28.2. The van der Waals surface area contributed by atoms with Crippen molar-refractivity contribution in [3.63, 3.8) is 0 Å². The predicted molar refractivity (Wildman–Crippen MR) is 123 cm³/mol. The fourth-order valence-electron chi connectivity index (χ4n) is 5.11. The third-order valence-corrected chi connectivity index (χ3v) is 6.73. The lowest BCUT2D eigenvalue weighted by Gasteiger charge is -2.25. The number of amides is 3. The number of carbonyl (C=O) groups is 3. The number of carbonyl (C=O) groups excluding carboxylic acids is 2. The zero-order chi connectivity index (χ0) is 24.4. The second-order valence-electron chi connectivity index (χ2n) is 8.87. The molecule has 0 spiro atoms. The van der Waals surface area contributed by atoms with Crippen molar-refractivity contribution >= 4 is 23.6 Å². The number of hydrogen-bond acceptors (Lipinski definition) is 6. The summed E-state index contributed by atoms with van der Waals surface area (Å²) in [6.07, 6.45) is 3.24. The summed E-state index contributed by atoms with van der Waals surface area (Å²) < 4.78 is 0. The molecule has 3 amide bonds. The van der Waals surface area contributed by atoms with Crippen LogP contribution in [-0.2, 0) is 17.8 Å². The molecular weight excluding hydrogens is 452 g/mol. The zero-order valence-electron chi connectivity index (χ0n) is 18.9. The number of aromatic amines is 2. The van der Waals surface area contributed by atoms with E-state index in [0.717, 1.165) is 31.2 Å². The molecule has 0 unspecified atom stereocenters. The molecule has 1 fully saturated rings. The molecule has 3 aromatic rings. The molecule has 35 heavy (non-hydrogen) atoms. The molecule has 0 saturated heterocycles. The van der Waals surface area contributed by atoms with Gasteiger partial charge in [0.05, 0.1) is 12.6 Å². The van der Waals surface area contributed by atoms with E-state index in [1.54, 1.807) is 12.1 Å². The van der Waals surface area contributed by atoms with Gasteiger partial charge in [-0.15, -0.1) is 10.2 Å². The van der Waals surface area contributed by atoms with Crippen molar-refractivity contribution in [1.29, 1.82) is 0 Å². The number of para-hydroxylation sites is 1. The number of benzene rings is 1. The van der Waals surface area contributed by atoms with Gasteiger partial charge < -0.3 is 20.7 Å². The minimum atomic E-state index is -1.10. The van der Waals surface area contributed by atoms with Crippen LogP contribution in [0.3, 0.4) is 0 Å². The van der Waals surface area contributed by atoms with E-state index in [2.05, 4.69) is 36.2 Å². The predicted octanol–water partition coefficient (Wildman–Crippen LogP) is 1.91. The Morgan fingerprint density at radius 3 is 2.69 bits per heavy atom. The normalized spacial score (nSPS) is 18.3. The molecule has 1 aromatic carbocycles. The van der Waals surface area contributed by atoms with Crippen LogP contribution in [0, 0.1) is 5.92 Å². The van der Waals surface area contributed by atoms with E-state index < -0.39 is 18.2 Å². The first-order valence-electron chi connectivity index (χ1n) is 11.6. The first-order valence-corrected chi connectivity index (χ1v) is 11.6. The minimum Gasteiger partial charge on any atom is -0.465 e. The van der Waals surface area contributed by atoms with Crippen molar-refractivity contribution in [2.45, 2.75) is 50.7 Å². The maximum Gasteiger partial charge on any atom is 0.405 e. The maximum absolute atomic E-state index is 13.7. The van der Waals surface area contributed by atoms with E-state index in [1.165, 1.54) is 4.90 Å². The largest absolute Gasteiger partial charge is 0.465 e. The first-order chi connectivity index (χ1) is 17.0. The van der Waals surface area contributed by atoms with Gasteiger partial charge in [-0.2, -0.15) is 5.21 Å². The summed E-state index contributed by atoms with van der Waals surface area (Å²) in [4.78, 5) is 42.8. The molecule has 12 nitrogen and oxygen atoms in total. The molecule has 1 aliphatic heterocycles. The highest BCUT2D eigenvalue weighted by Gasteiger charge is 2.39. The second kappa shape index (κ2) is 9.57. The van der Waals surface area contributed by atoms with E-state index in [4.69, 9.17) is 0 Å². The van der Waals surface area contributed by atoms with E-state index in [9.17, 15) is 19.5 Å². The van der Waals surface area contributed by atoms with Gasteiger partial charge >= 0.3 is 6.09 Å². The van der Waals surface area contributed by atoms with Crippen LogP contribution >= 0.6 is 0 Å². The van der Waals surface area contributed by atoms with Crippen molar-refractivity contribution in [1.82, 2.24) is 36.2 Å². The number of anilines is 1. The summed E-state index contributed by atoms with van der Waals surface area (Å²) in [6.45, 7) is 0.0841. The topological polar surface area (TPSA) is 169 Å². The lowest BCUT2D eigenvalue weighted by atomic mass is 9.95. The van der Waals surface area contributed by atoms with Gasteiger partial charge in [-0.25, -0.2) is 4.79 Å². The van der Waals surface area contributed by atoms with Crippen molar-refractivity contribution < 1.29 is 19.5 Å². The first kappa shape index (κ1) is 22.6. The van der Waals surface area contributed by atoms with Gasteiger partial charge in [-0.1, -0.05) is 36.3 Å². The van der Waals surface area contributed by atoms with E-state index in [-0.39, 0.29) is 24.3 Å². The standard InChI is InChI=1S/C23H26N8O4/c32-21(24-12-19-27-29-30-28-19)18-11-14-7-3-4-8-17(14)31(18)22(33)16-10-9-15(25-16)20(26-23(34)35)13-5-1-2-6-13/h3-4,7-10,13,18,20,25-26H,1-2,5-6,11-12H2,(H,24,32)(H,34,35)(H,27,28,29,30)/t18-,20-/m0/s1. The average Bonchev–Trinajstić information content (AvgIpc) is 3.67. The molecule has 3 heterocycles. The summed E-state index contributed by atoms with van der Waals surface area (Å²) in [5.74, 6) is -0.183. The molecule has 2 aliphatic rings. The van der Waals surface area contributed by atoms with Crippen LogP contribution in [0.1, 0.15) is 59.3 Å². The van der Waals surface area contributed by atoms with Crippen LogP contribution < -0.4 is 15.5 Å². The van der Waals surface area contributed by atoms with Gasteiger partial charge in [0, 0.05) is 17.8 Å². The molecule has 182 valence electrons. The highest BCUT2D eigenvalue weighted by atomic mass is 16.4. The van der Waals surface area contributed by atoms with Crippen LogP contribution in [-0.4, -0.2) is 54.7 Å². The number of rotatable bonds is 7. The van der Waals surface area contributed by atoms with Crippen molar-refractivity contribution in [2.24, 2.45) is 5.92 Å². The number of carboxylic acid groups (broad SMARTS) is 1. The Bertz CT molecular complexity index is 1220. The van der Waals surface area contributed by atoms with E-state index in [0.29, 0.717) is 29.3 Å². The molecular formula is C23H26N8O4. The summed E-state index contributed by atoms with van der Waals surface area (Å²) in [6, 6.07) is 9.64. The number of H-pyrrole nitrogens is 2. The quantitative estimate of drug-likeness (QED) is 0.345. The highest BCUT2D eigenvalue weighted by Crippen LogP contribution is 2.37. The molecule has 5 rings (SSSR count). The Morgan fingerprint density at radius 2 is 1.94 bits per heavy atom. The number of nitrogens with one attached hydrogen (secondary N) is 4. The SMILES string of the molecule is O=C(O)N[C@H](c1ccc(C(=O)N2c3ccccc3C[C@H]2C(=O)NCc2nn[nH]n2)[nH]1)C1CCCC1. The summed E-state index contributed by atoms with van der Waals surface area (Å²) in [7, 11) is 0. The number of tetrazole rings is 1. The number of aromatic nitrogens is 5. The van der Waals surface area contributed by atoms with Gasteiger partial charge in [-0.05, 0) is 42.5 Å². The molecule has 1 aliphatic carbocycles. The Kier molecular flexibility index (Phi) is 6.17. The van der Waals surface area contributed by atoms with Gasteiger partial charge in [0.1, 0.15) is 11.7 Å². The number of nitrogens with zero attached hydrogens (tertiary/aromatic N) is 4. The third kappa shape index (κ3) is 4.59. The van der Waals surface area contributed by atoms with Gasteiger partial charge in [-0.3, -0.25) is 14.5 Å². The number of hydrogen-bond donors (Lipinski definition) is 5. The second-order valence-corrected chi connectivity index (χ2v) is 8.87. The summed E-state index contributed by atoms with van der Waals surface area (Å²) in [5.41, 5.74) is 2.50. The minimum absolute atomic E-state index is 0.0841. The summed E-state index contributed by atoms with van der Waals surface area (Å²) >= 11 is 0. The average molecular weight is 479 g/mol. The lowest BCUT2D eigenvalue weighted by molar-refractivity contribution is -0.122. The Labute approximate surface area is 200 Å². The molecule has 0 radical (unpaired) electrons. The molecule has 2 atom stereocenters. The zero-order valence-corrected chi connectivity index (χ0v) is 18.9. The Balaban J connectivity index is 1.39. The van der Waals surface area contributed by atoms with Crippen molar-refractivity contribution in [2.75, 3.05) is 4.90 Å². The highest BCUT2D eigenvalue weighted by molar-refractivity contribution is 6.10. The third-order valence-electron chi connectivity index (χ3n) is 6.73. The smallest absolute Gasteiger partial charge is 0.405 e. The lowest BCUT2D eigenvalue weighted by Crippen LogP contribution is -2.48. The van der Waals surface area contributed by atoms with Crippen LogP contribution in [0.25, 0.3) is 0 Å². The monoisotopic (exact) mass is 478 g/mol. The molecule has 0 bridgehead atoms. The fourth-order valence-corrected chi connectivity index (χ4v) is 5.11.